The number of nitrogens with one attached hydrogen (secondary N) is 1. The number of fused-ring (bicyclic) bond motifs is 1. The van der Waals surface area contributed by atoms with Crippen molar-refractivity contribution in [1.29, 1.82) is 0 Å². The molecule has 0 saturated heterocycles. The van der Waals surface area contributed by atoms with Gasteiger partial charge in [-0.2, -0.15) is 0 Å². The lowest BCUT2D eigenvalue weighted by molar-refractivity contribution is 0.436. The van der Waals surface area contributed by atoms with Crippen molar-refractivity contribution in [1.82, 2.24) is 19.1 Å². The SMILES string of the molecule is C=CCn1c(=O)c2[nH]c(C3(N)CCCC3)nc2n(CC=C)c1=O. The normalized spacial score (nSPS) is 16.7. The standard InChI is InChI=1S/C16H21N5O2/c1-3-9-20-12-11(13(22)21(10-4-2)15(20)23)18-14(19-12)16(17)7-5-6-8-16/h3-4H,1-2,5-10,17H2,(H,18,19). The monoisotopic (exact) mass is 315 g/mol. The highest BCUT2D eigenvalue weighted by atomic mass is 16.2. The predicted octanol–water partition coefficient (Wildman–Crippen LogP) is 0.986. The Balaban J connectivity index is 2.32. The molecule has 2 heterocycles. The molecule has 0 unspecified atom stereocenters. The van der Waals surface area contributed by atoms with Gasteiger partial charge in [0.25, 0.3) is 5.56 Å². The average molecular weight is 315 g/mol. The number of nitrogens with two attached hydrogens (primary N) is 1. The third-order valence-corrected chi connectivity index (χ3v) is 4.45. The van der Waals surface area contributed by atoms with Crippen LogP contribution in [0.15, 0.2) is 34.9 Å². The molecule has 0 radical (unpaired) electrons. The van der Waals surface area contributed by atoms with Gasteiger partial charge in [-0.05, 0) is 12.8 Å². The highest BCUT2D eigenvalue weighted by molar-refractivity contribution is 5.70. The van der Waals surface area contributed by atoms with Crippen molar-refractivity contribution in [2.24, 2.45) is 5.73 Å². The van der Waals surface area contributed by atoms with Gasteiger partial charge in [0.2, 0.25) is 0 Å². The number of rotatable bonds is 5. The van der Waals surface area contributed by atoms with E-state index in [2.05, 4.69) is 23.1 Å². The Morgan fingerprint density at radius 1 is 1.17 bits per heavy atom. The quantitative estimate of drug-likeness (QED) is 0.804. The second-order valence-electron chi connectivity index (χ2n) is 6.03. The first kappa shape index (κ1) is 15.5. The van der Waals surface area contributed by atoms with Crippen molar-refractivity contribution in [3.8, 4) is 0 Å². The first-order valence-corrected chi connectivity index (χ1v) is 7.76. The van der Waals surface area contributed by atoms with E-state index in [4.69, 9.17) is 5.73 Å². The number of aromatic amines is 1. The molecule has 1 aliphatic carbocycles. The van der Waals surface area contributed by atoms with Crippen molar-refractivity contribution in [2.75, 3.05) is 0 Å². The van der Waals surface area contributed by atoms with E-state index in [1.165, 1.54) is 10.6 Å². The van der Waals surface area contributed by atoms with Crippen LogP contribution in [-0.4, -0.2) is 19.1 Å². The van der Waals surface area contributed by atoms with Crippen LogP contribution in [-0.2, 0) is 18.6 Å². The molecular weight excluding hydrogens is 294 g/mol. The lowest BCUT2D eigenvalue weighted by Gasteiger charge is -2.19. The molecule has 23 heavy (non-hydrogen) atoms. The number of hydrogen-bond donors (Lipinski definition) is 2. The molecule has 1 fully saturated rings. The molecule has 1 saturated carbocycles. The Kier molecular flexibility index (Phi) is 3.81. The summed E-state index contributed by atoms with van der Waals surface area (Å²) < 4.78 is 2.57. The predicted molar refractivity (Wildman–Crippen MR) is 89.3 cm³/mol. The topological polar surface area (TPSA) is 98.7 Å². The van der Waals surface area contributed by atoms with Gasteiger partial charge in [0.05, 0.1) is 5.54 Å². The molecule has 0 spiro atoms. The number of hydrogen-bond acceptors (Lipinski definition) is 4. The number of H-pyrrole nitrogens is 1. The van der Waals surface area contributed by atoms with Crippen LogP contribution in [0.5, 0.6) is 0 Å². The molecule has 122 valence electrons. The number of imidazole rings is 1. The summed E-state index contributed by atoms with van der Waals surface area (Å²) in [5.74, 6) is 0.579. The van der Waals surface area contributed by atoms with E-state index >= 15 is 0 Å². The maximum atomic E-state index is 12.6. The Morgan fingerprint density at radius 2 is 1.78 bits per heavy atom. The number of nitrogens with zero attached hydrogens (tertiary/aromatic N) is 3. The van der Waals surface area contributed by atoms with Crippen LogP contribution in [0.2, 0.25) is 0 Å². The molecule has 0 aliphatic heterocycles. The molecule has 0 aromatic carbocycles. The van der Waals surface area contributed by atoms with Gasteiger partial charge in [0, 0.05) is 13.1 Å². The molecule has 2 aromatic rings. The zero-order valence-corrected chi connectivity index (χ0v) is 13.0. The minimum absolute atomic E-state index is 0.146. The van der Waals surface area contributed by atoms with Crippen LogP contribution in [0.25, 0.3) is 11.2 Å². The van der Waals surface area contributed by atoms with Crippen LogP contribution >= 0.6 is 0 Å². The lowest BCUT2D eigenvalue weighted by atomic mass is 9.99. The van der Waals surface area contributed by atoms with Gasteiger partial charge in [-0.1, -0.05) is 25.0 Å². The van der Waals surface area contributed by atoms with E-state index in [9.17, 15) is 9.59 Å². The second kappa shape index (κ2) is 5.66. The molecule has 7 heteroatoms. The van der Waals surface area contributed by atoms with Crippen molar-refractivity contribution < 1.29 is 0 Å². The molecule has 3 N–H and O–H groups in total. The van der Waals surface area contributed by atoms with E-state index in [1.54, 1.807) is 6.08 Å². The molecule has 2 aromatic heterocycles. The summed E-state index contributed by atoms with van der Waals surface area (Å²) in [6.45, 7) is 7.69. The van der Waals surface area contributed by atoms with Crippen LogP contribution in [0.4, 0.5) is 0 Å². The van der Waals surface area contributed by atoms with E-state index in [-0.39, 0.29) is 13.1 Å². The zero-order valence-electron chi connectivity index (χ0n) is 13.0. The van der Waals surface area contributed by atoms with Crippen molar-refractivity contribution >= 4 is 11.2 Å². The molecular formula is C16H21N5O2. The smallest absolute Gasteiger partial charge is 0.333 e. The maximum Gasteiger partial charge on any atom is 0.333 e. The summed E-state index contributed by atoms with van der Waals surface area (Å²) in [7, 11) is 0. The fraction of sp³-hybridized carbons (Fsp3) is 0.438. The van der Waals surface area contributed by atoms with E-state index in [0.717, 1.165) is 30.3 Å². The third kappa shape index (κ3) is 2.37. The Labute approximate surface area is 133 Å². The largest absolute Gasteiger partial charge is 0.335 e. The summed E-state index contributed by atoms with van der Waals surface area (Å²) in [6, 6.07) is 0. The van der Waals surface area contributed by atoms with E-state index < -0.39 is 16.8 Å². The second-order valence-corrected chi connectivity index (χ2v) is 6.03. The Morgan fingerprint density at radius 3 is 2.39 bits per heavy atom. The van der Waals surface area contributed by atoms with Crippen LogP contribution in [0, 0.1) is 0 Å². The van der Waals surface area contributed by atoms with Gasteiger partial charge < -0.3 is 10.7 Å². The minimum atomic E-state index is -0.552. The summed E-state index contributed by atoms with van der Waals surface area (Å²) in [5.41, 5.74) is 5.70. The minimum Gasteiger partial charge on any atom is -0.335 e. The van der Waals surface area contributed by atoms with Crippen LogP contribution in [0.3, 0.4) is 0 Å². The summed E-state index contributed by atoms with van der Waals surface area (Å²) in [6.07, 6.45) is 6.83. The number of aromatic nitrogens is 4. The van der Waals surface area contributed by atoms with Crippen LogP contribution in [0.1, 0.15) is 31.5 Å². The molecule has 3 rings (SSSR count). The third-order valence-electron chi connectivity index (χ3n) is 4.45. The van der Waals surface area contributed by atoms with Crippen molar-refractivity contribution in [3.63, 3.8) is 0 Å². The fourth-order valence-corrected chi connectivity index (χ4v) is 3.23. The number of allylic oxidation sites excluding steroid dienone is 2. The summed E-state index contributed by atoms with van der Waals surface area (Å²) in [4.78, 5) is 32.7. The lowest BCUT2D eigenvalue weighted by Crippen LogP contribution is -2.39. The van der Waals surface area contributed by atoms with Crippen LogP contribution < -0.4 is 17.0 Å². The van der Waals surface area contributed by atoms with Gasteiger partial charge in [0.1, 0.15) is 11.3 Å². The van der Waals surface area contributed by atoms with Crippen molar-refractivity contribution in [3.05, 3.63) is 52.0 Å². The van der Waals surface area contributed by atoms with Gasteiger partial charge in [-0.25, -0.2) is 9.78 Å². The Hall–Kier alpha value is -2.41. The first-order chi connectivity index (χ1) is 11.0. The highest BCUT2D eigenvalue weighted by Gasteiger charge is 2.35. The summed E-state index contributed by atoms with van der Waals surface area (Å²) in [5, 5.41) is 0. The molecule has 0 bridgehead atoms. The van der Waals surface area contributed by atoms with E-state index in [1.807, 2.05) is 0 Å². The highest BCUT2D eigenvalue weighted by Crippen LogP contribution is 2.35. The summed E-state index contributed by atoms with van der Waals surface area (Å²) >= 11 is 0. The van der Waals surface area contributed by atoms with Gasteiger partial charge in [0.15, 0.2) is 5.65 Å². The maximum absolute atomic E-state index is 12.6. The van der Waals surface area contributed by atoms with Gasteiger partial charge in [-0.15, -0.1) is 13.2 Å². The zero-order chi connectivity index (χ0) is 16.6. The van der Waals surface area contributed by atoms with E-state index in [0.29, 0.717) is 17.0 Å². The first-order valence-electron chi connectivity index (χ1n) is 7.76. The molecule has 0 atom stereocenters. The molecule has 0 amide bonds. The van der Waals surface area contributed by atoms with Crippen molar-refractivity contribution in [2.45, 2.75) is 44.3 Å². The molecule has 7 nitrogen and oxygen atoms in total. The van der Waals surface area contributed by atoms with Gasteiger partial charge in [-0.3, -0.25) is 13.9 Å². The fourth-order valence-electron chi connectivity index (χ4n) is 3.23. The Bertz CT molecular complexity index is 880. The molecule has 1 aliphatic rings. The van der Waals surface area contributed by atoms with Gasteiger partial charge >= 0.3 is 5.69 Å². The average Bonchev–Trinajstić information content (AvgIpc) is 3.15.